The van der Waals surface area contributed by atoms with E-state index < -0.39 is 5.97 Å². The summed E-state index contributed by atoms with van der Waals surface area (Å²) < 4.78 is 4.63. The summed E-state index contributed by atoms with van der Waals surface area (Å²) in [5.74, 6) is -0.578. The number of ether oxygens (including phenoxy) is 1. The van der Waals surface area contributed by atoms with Crippen LogP contribution in [0.5, 0.6) is 0 Å². The van der Waals surface area contributed by atoms with Gasteiger partial charge in [-0.25, -0.2) is 4.79 Å². The van der Waals surface area contributed by atoms with Crippen molar-refractivity contribution in [2.45, 2.75) is 39.7 Å². The number of likely N-dealkylation sites (tertiary alicyclic amines) is 1. The Morgan fingerprint density at radius 2 is 1.81 bits per heavy atom. The van der Waals surface area contributed by atoms with Crippen LogP contribution in [0.2, 0.25) is 0 Å². The van der Waals surface area contributed by atoms with Crippen molar-refractivity contribution in [3.8, 4) is 0 Å². The van der Waals surface area contributed by atoms with Gasteiger partial charge >= 0.3 is 5.97 Å². The Balaban J connectivity index is 0.00000106. The van der Waals surface area contributed by atoms with Gasteiger partial charge in [0.25, 0.3) is 0 Å². The van der Waals surface area contributed by atoms with E-state index in [9.17, 15) is 4.79 Å². The number of nitrogens with zero attached hydrogens (tertiary/aromatic N) is 1. The molecule has 1 saturated heterocycles. The van der Waals surface area contributed by atoms with Crippen molar-refractivity contribution < 1.29 is 9.53 Å². The maximum absolute atomic E-state index is 11.5. The molecule has 0 unspecified atom stereocenters. The molecule has 1 heterocycles. The van der Waals surface area contributed by atoms with Crippen LogP contribution < -0.4 is 0 Å². The molecular formula is C17H26N2O2. The molecule has 2 rings (SSSR count). The lowest BCUT2D eigenvalue weighted by Gasteiger charge is -2.27. The van der Waals surface area contributed by atoms with Gasteiger partial charge in [-0.3, -0.25) is 10.3 Å². The molecule has 0 bridgehead atoms. The van der Waals surface area contributed by atoms with Crippen molar-refractivity contribution in [2.75, 3.05) is 20.2 Å². The molecule has 1 N–H and O–H groups in total. The van der Waals surface area contributed by atoms with Gasteiger partial charge in [-0.2, -0.15) is 0 Å². The Kier molecular flexibility index (Phi) is 7.69. The lowest BCUT2D eigenvalue weighted by atomic mass is 10.0. The van der Waals surface area contributed by atoms with Crippen LogP contribution in [0.1, 0.15) is 44.2 Å². The monoisotopic (exact) mass is 290 g/mol. The summed E-state index contributed by atoms with van der Waals surface area (Å²) >= 11 is 0. The second-order valence-electron chi connectivity index (χ2n) is 4.86. The van der Waals surface area contributed by atoms with Crippen LogP contribution in [0, 0.1) is 5.41 Å². The van der Waals surface area contributed by atoms with Crippen molar-refractivity contribution in [3.63, 3.8) is 0 Å². The van der Waals surface area contributed by atoms with Crippen LogP contribution in [-0.4, -0.2) is 36.8 Å². The second kappa shape index (κ2) is 9.29. The van der Waals surface area contributed by atoms with Crippen molar-refractivity contribution in [1.29, 1.82) is 5.41 Å². The molecule has 116 valence electrons. The summed E-state index contributed by atoms with van der Waals surface area (Å²) in [6, 6.07) is 7.61. The summed E-state index contributed by atoms with van der Waals surface area (Å²) in [6.45, 7) is 7.00. The minimum absolute atomic E-state index is 0.0601. The van der Waals surface area contributed by atoms with E-state index >= 15 is 0 Å². The molecule has 0 amide bonds. The Morgan fingerprint density at radius 1 is 1.19 bits per heavy atom. The molecule has 0 saturated carbocycles. The lowest BCUT2D eigenvalue weighted by Crippen LogP contribution is -2.30. The first-order valence-corrected chi connectivity index (χ1v) is 7.70. The SMILES string of the molecule is CC.COC(=O)C(=N)c1ccccc1CN1CCCCC1. The fraction of sp³-hybridized carbons (Fsp3) is 0.529. The van der Waals surface area contributed by atoms with Crippen LogP contribution in [0.15, 0.2) is 24.3 Å². The smallest absolute Gasteiger partial charge is 0.356 e. The summed E-state index contributed by atoms with van der Waals surface area (Å²) in [7, 11) is 1.31. The normalized spacial score (nSPS) is 14.8. The Morgan fingerprint density at radius 3 is 2.43 bits per heavy atom. The van der Waals surface area contributed by atoms with Gasteiger partial charge in [-0.05, 0) is 31.5 Å². The molecular weight excluding hydrogens is 264 g/mol. The third kappa shape index (κ3) is 4.97. The van der Waals surface area contributed by atoms with E-state index in [4.69, 9.17) is 5.41 Å². The highest BCUT2D eigenvalue weighted by molar-refractivity contribution is 6.42. The van der Waals surface area contributed by atoms with Gasteiger partial charge in [0.05, 0.1) is 7.11 Å². The largest absolute Gasteiger partial charge is 0.464 e. The van der Waals surface area contributed by atoms with Crippen molar-refractivity contribution in [2.24, 2.45) is 0 Å². The van der Waals surface area contributed by atoms with Gasteiger partial charge < -0.3 is 4.74 Å². The first kappa shape index (κ1) is 17.4. The Hall–Kier alpha value is -1.68. The fourth-order valence-electron chi connectivity index (χ4n) is 2.47. The van der Waals surface area contributed by atoms with Gasteiger partial charge in [-0.15, -0.1) is 0 Å². The first-order chi connectivity index (χ1) is 10.2. The van der Waals surface area contributed by atoms with E-state index in [-0.39, 0.29) is 5.71 Å². The number of methoxy groups -OCH3 is 1. The van der Waals surface area contributed by atoms with Crippen LogP contribution in [-0.2, 0) is 16.1 Å². The number of hydrogen-bond donors (Lipinski definition) is 1. The zero-order valence-corrected chi connectivity index (χ0v) is 13.3. The van der Waals surface area contributed by atoms with E-state index in [2.05, 4.69) is 9.64 Å². The lowest BCUT2D eigenvalue weighted by molar-refractivity contribution is -0.132. The highest BCUT2D eigenvalue weighted by Gasteiger charge is 2.18. The minimum Gasteiger partial charge on any atom is -0.464 e. The topological polar surface area (TPSA) is 53.4 Å². The van der Waals surface area contributed by atoms with Crippen LogP contribution >= 0.6 is 0 Å². The summed E-state index contributed by atoms with van der Waals surface area (Å²) in [5.41, 5.74) is 1.65. The molecule has 4 heteroatoms. The molecule has 1 aromatic carbocycles. The third-order valence-corrected chi connectivity index (χ3v) is 3.52. The molecule has 1 aliphatic rings. The van der Waals surface area contributed by atoms with Crippen LogP contribution in [0.4, 0.5) is 0 Å². The summed E-state index contributed by atoms with van der Waals surface area (Å²) in [6.07, 6.45) is 3.77. The minimum atomic E-state index is -0.578. The molecule has 21 heavy (non-hydrogen) atoms. The van der Waals surface area contributed by atoms with Gasteiger partial charge in [0.1, 0.15) is 5.71 Å². The number of carbonyl (C=O) groups is 1. The first-order valence-electron chi connectivity index (χ1n) is 7.70. The third-order valence-electron chi connectivity index (χ3n) is 3.52. The summed E-state index contributed by atoms with van der Waals surface area (Å²) in [5, 5.41) is 7.90. The van der Waals surface area contributed by atoms with Crippen molar-refractivity contribution >= 4 is 11.7 Å². The standard InChI is InChI=1S/C15H20N2O2.C2H6/c1-19-15(18)14(16)13-8-4-3-7-12(13)11-17-9-5-2-6-10-17;1-2/h3-4,7-8,16H,2,5-6,9-11H2,1H3;1-2H3. The molecule has 1 fully saturated rings. The van der Waals surface area contributed by atoms with E-state index in [1.165, 1.54) is 26.4 Å². The number of nitrogens with one attached hydrogen (secondary N) is 1. The average molecular weight is 290 g/mol. The molecule has 1 aliphatic heterocycles. The fourth-order valence-corrected chi connectivity index (χ4v) is 2.47. The Bertz CT molecular complexity index is 466. The summed E-state index contributed by atoms with van der Waals surface area (Å²) in [4.78, 5) is 13.9. The van der Waals surface area contributed by atoms with Crippen LogP contribution in [0.25, 0.3) is 0 Å². The zero-order chi connectivity index (χ0) is 15.7. The van der Waals surface area contributed by atoms with Gasteiger partial charge in [0, 0.05) is 12.1 Å². The highest BCUT2D eigenvalue weighted by Crippen LogP contribution is 2.16. The maximum atomic E-state index is 11.5. The number of rotatable bonds is 4. The number of piperidine rings is 1. The van der Waals surface area contributed by atoms with Gasteiger partial charge in [0.15, 0.2) is 0 Å². The predicted molar refractivity (Wildman–Crippen MR) is 85.8 cm³/mol. The molecule has 1 aromatic rings. The molecule has 4 nitrogen and oxygen atoms in total. The Labute approximate surface area is 127 Å². The van der Waals surface area contributed by atoms with Crippen molar-refractivity contribution in [1.82, 2.24) is 4.90 Å². The van der Waals surface area contributed by atoms with Gasteiger partial charge in [0.2, 0.25) is 0 Å². The van der Waals surface area contributed by atoms with E-state index in [0.29, 0.717) is 5.56 Å². The van der Waals surface area contributed by atoms with E-state index in [1.807, 2.05) is 38.1 Å². The molecule has 0 spiro atoms. The predicted octanol–water partition coefficient (Wildman–Crippen LogP) is 3.24. The quantitative estimate of drug-likeness (QED) is 0.684. The number of hydrogen-bond acceptors (Lipinski definition) is 4. The molecule has 0 radical (unpaired) electrons. The zero-order valence-electron chi connectivity index (χ0n) is 13.3. The number of benzene rings is 1. The van der Waals surface area contributed by atoms with Crippen LogP contribution in [0.3, 0.4) is 0 Å². The number of esters is 1. The van der Waals surface area contributed by atoms with E-state index in [0.717, 1.165) is 25.2 Å². The maximum Gasteiger partial charge on any atom is 0.356 e. The molecule has 0 atom stereocenters. The number of carbonyl (C=O) groups excluding carboxylic acids is 1. The molecule has 0 aliphatic carbocycles. The second-order valence-corrected chi connectivity index (χ2v) is 4.86. The van der Waals surface area contributed by atoms with Crippen molar-refractivity contribution in [3.05, 3.63) is 35.4 Å². The van der Waals surface area contributed by atoms with Gasteiger partial charge in [-0.1, -0.05) is 44.5 Å². The highest BCUT2D eigenvalue weighted by atomic mass is 16.5. The van der Waals surface area contributed by atoms with E-state index in [1.54, 1.807) is 0 Å². The molecule has 0 aromatic heterocycles. The average Bonchev–Trinajstić information content (AvgIpc) is 2.57.